The molecule has 0 unspecified atom stereocenters. The highest BCUT2D eigenvalue weighted by Crippen LogP contribution is 2.23. The number of carbonyl (C=O) groups is 2. The molecule has 0 spiro atoms. The molecule has 1 aromatic carbocycles. The first-order chi connectivity index (χ1) is 9.95. The molecule has 0 bridgehead atoms. The fourth-order valence-corrected chi connectivity index (χ4v) is 3.02. The lowest BCUT2D eigenvalue weighted by molar-refractivity contribution is -0.142. The Labute approximate surface area is 132 Å². The highest BCUT2D eigenvalue weighted by molar-refractivity contribution is 9.10. The molecule has 1 amide bonds. The molecule has 1 aromatic rings. The Morgan fingerprint density at radius 1 is 1.43 bits per heavy atom. The molecule has 1 saturated heterocycles. The van der Waals surface area contributed by atoms with Gasteiger partial charge in [0.2, 0.25) is 5.91 Å². The Hall–Kier alpha value is -1.40. The zero-order valence-electron chi connectivity index (χ0n) is 11.9. The molecular formula is C15H19BrN2O3. The molecular weight excluding hydrogens is 336 g/mol. The van der Waals surface area contributed by atoms with Crippen molar-refractivity contribution in [3.05, 3.63) is 28.7 Å². The number of carbonyl (C=O) groups excluding carboxylic acids is 1. The minimum absolute atomic E-state index is 0.0560. The summed E-state index contributed by atoms with van der Waals surface area (Å²) in [5.41, 5.74) is 0.757. The number of anilines is 1. The molecule has 0 radical (unpaired) electrons. The van der Waals surface area contributed by atoms with Crippen LogP contribution < -0.4 is 5.32 Å². The number of benzene rings is 1. The van der Waals surface area contributed by atoms with E-state index >= 15 is 0 Å². The van der Waals surface area contributed by atoms with Crippen LogP contribution in [0.2, 0.25) is 0 Å². The van der Waals surface area contributed by atoms with Crippen LogP contribution in [0.4, 0.5) is 5.69 Å². The molecule has 1 aliphatic rings. The van der Waals surface area contributed by atoms with Crippen molar-refractivity contribution in [2.24, 2.45) is 11.8 Å². The van der Waals surface area contributed by atoms with E-state index in [9.17, 15) is 9.59 Å². The number of nitrogens with zero attached hydrogens (tertiary/aromatic N) is 1. The van der Waals surface area contributed by atoms with Gasteiger partial charge in [0.25, 0.3) is 0 Å². The molecule has 2 N–H and O–H groups in total. The van der Waals surface area contributed by atoms with Gasteiger partial charge in [0.1, 0.15) is 0 Å². The van der Waals surface area contributed by atoms with E-state index in [-0.39, 0.29) is 17.7 Å². The maximum atomic E-state index is 11.9. The Morgan fingerprint density at radius 2 is 2.19 bits per heavy atom. The van der Waals surface area contributed by atoms with E-state index in [1.165, 1.54) is 0 Å². The summed E-state index contributed by atoms with van der Waals surface area (Å²) in [4.78, 5) is 25.0. The largest absolute Gasteiger partial charge is 0.481 e. The smallest absolute Gasteiger partial charge is 0.308 e. The Morgan fingerprint density at radius 3 is 2.81 bits per heavy atom. The van der Waals surface area contributed by atoms with Gasteiger partial charge in [-0.25, -0.2) is 0 Å². The van der Waals surface area contributed by atoms with Crippen LogP contribution in [0.3, 0.4) is 0 Å². The van der Waals surface area contributed by atoms with Gasteiger partial charge in [0.15, 0.2) is 0 Å². The Balaban J connectivity index is 1.78. The van der Waals surface area contributed by atoms with Crippen molar-refractivity contribution in [1.29, 1.82) is 0 Å². The predicted molar refractivity (Wildman–Crippen MR) is 84.1 cm³/mol. The van der Waals surface area contributed by atoms with E-state index in [0.29, 0.717) is 19.5 Å². The molecule has 2 atom stereocenters. The first-order valence-corrected chi connectivity index (χ1v) is 7.75. The summed E-state index contributed by atoms with van der Waals surface area (Å²) in [7, 11) is 0. The number of carboxylic acid groups (broad SMARTS) is 1. The molecule has 1 fully saturated rings. The van der Waals surface area contributed by atoms with Crippen LogP contribution >= 0.6 is 15.9 Å². The predicted octanol–water partition coefficient (Wildman–Crippen LogP) is 2.43. The molecule has 0 aromatic heterocycles. The average Bonchev–Trinajstić information content (AvgIpc) is 2.78. The van der Waals surface area contributed by atoms with Crippen LogP contribution in [0.15, 0.2) is 28.7 Å². The third-order valence-corrected chi connectivity index (χ3v) is 4.26. The van der Waals surface area contributed by atoms with Crippen LogP contribution in [0.5, 0.6) is 0 Å². The highest BCUT2D eigenvalue weighted by atomic mass is 79.9. The fraction of sp³-hybridized carbons (Fsp3) is 0.467. The third-order valence-electron chi connectivity index (χ3n) is 3.77. The van der Waals surface area contributed by atoms with E-state index in [4.69, 9.17) is 5.11 Å². The number of nitrogens with one attached hydrogen (secondary N) is 1. The molecule has 0 saturated carbocycles. The maximum absolute atomic E-state index is 11.9. The number of carboxylic acids is 1. The molecule has 0 aliphatic carbocycles. The van der Waals surface area contributed by atoms with Crippen LogP contribution in [-0.2, 0) is 9.59 Å². The van der Waals surface area contributed by atoms with Crippen molar-refractivity contribution in [2.75, 3.05) is 25.0 Å². The van der Waals surface area contributed by atoms with Crippen LogP contribution in [0, 0.1) is 11.8 Å². The van der Waals surface area contributed by atoms with Crippen LogP contribution in [-0.4, -0.2) is 41.5 Å². The molecule has 2 rings (SSSR count). The van der Waals surface area contributed by atoms with Gasteiger partial charge in [-0.1, -0.05) is 28.9 Å². The van der Waals surface area contributed by atoms with Gasteiger partial charge in [-0.2, -0.15) is 0 Å². The van der Waals surface area contributed by atoms with Gasteiger partial charge < -0.3 is 15.3 Å². The topological polar surface area (TPSA) is 69.6 Å². The quantitative estimate of drug-likeness (QED) is 0.851. The number of likely N-dealkylation sites (tertiary alicyclic amines) is 1. The normalized spacial score (nSPS) is 22.2. The number of aliphatic carboxylic acids is 1. The lowest BCUT2D eigenvalue weighted by atomic mass is 9.99. The van der Waals surface area contributed by atoms with Crippen molar-refractivity contribution in [3.8, 4) is 0 Å². The van der Waals surface area contributed by atoms with Gasteiger partial charge in [0, 0.05) is 36.2 Å². The molecule has 1 aliphatic heterocycles. The number of hydrogen-bond acceptors (Lipinski definition) is 3. The summed E-state index contributed by atoms with van der Waals surface area (Å²) in [5.74, 6) is -0.989. The maximum Gasteiger partial charge on any atom is 0.308 e. The second-order valence-electron chi connectivity index (χ2n) is 5.49. The molecule has 5 nitrogen and oxygen atoms in total. The van der Waals surface area contributed by atoms with Crippen molar-refractivity contribution < 1.29 is 14.7 Å². The Kier molecular flexibility index (Phi) is 5.36. The van der Waals surface area contributed by atoms with Crippen molar-refractivity contribution in [2.45, 2.75) is 13.3 Å². The number of halogens is 1. The van der Waals surface area contributed by atoms with Crippen LogP contribution in [0.1, 0.15) is 13.3 Å². The first kappa shape index (κ1) is 16.0. The molecule has 21 heavy (non-hydrogen) atoms. The second kappa shape index (κ2) is 7.04. The monoisotopic (exact) mass is 354 g/mol. The van der Waals surface area contributed by atoms with E-state index in [1.807, 2.05) is 36.1 Å². The van der Waals surface area contributed by atoms with Crippen LogP contribution in [0.25, 0.3) is 0 Å². The second-order valence-corrected chi connectivity index (χ2v) is 6.41. The van der Waals surface area contributed by atoms with E-state index in [2.05, 4.69) is 21.2 Å². The highest BCUT2D eigenvalue weighted by Gasteiger charge is 2.34. The van der Waals surface area contributed by atoms with E-state index in [1.54, 1.807) is 0 Å². The van der Waals surface area contributed by atoms with Crippen molar-refractivity contribution in [3.63, 3.8) is 0 Å². The van der Waals surface area contributed by atoms with Crippen molar-refractivity contribution >= 4 is 33.5 Å². The number of hydrogen-bond donors (Lipinski definition) is 2. The summed E-state index contributed by atoms with van der Waals surface area (Å²) in [5, 5.41) is 11.9. The fourth-order valence-electron chi connectivity index (χ4n) is 2.62. The van der Waals surface area contributed by atoms with Gasteiger partial charge in [0.05, 0.1) is 5.92 Å². The number of amides is 1. The lowest BCUT2D eigenvalue weighted by Gasteiger charge is -2.14. The zero-order valence-corrected chi connectivity index (χ0v) is 13.5. The SMILES string of the molecule is C[C@@H]1CN(CCC(=O)Nc2cccc(Br)c2)C[C@H]1C(=O)O. The summed E-state index contributed by atoms with van der Waals surface area (Å²) >= 11 is 3.36. The third kappa shape index (κ3) is 4.54. The van der Waals surface area contributed by atoms with Crippen molar-refractivity contribution in [1.82, 2.24) is 4.90 Å². The summed E-state index contributed by atoms with van der Waals surface area (Å²) in [6.45, 7) is 3.80. The minimum atomic E-state index is -0.747. The van der Waals surface area contributed by atoms with E-state index in [0.717, 1.165) is 16.7 Å². The summed E-state index contributed by atoms with van der Waals surface area (Å²) in [6, 6.07) is 7.43. The molecule has 6 heteroatoms. The number of rotatable bonds is 5. The van der Waals surface area contributed by atoms with Gasteiger partial charge in [-0.3, -0.25) is 9.59 Å². The standard InChI is InChI=1S/C15H19BrN2O3/c1-10-8-18(9-13(10)15(20)21)6-5-14(19)17-12-4-2-3-11(16)7-12/h2-4,7,10,13H,5-6,8-9H2,1H3,(H,17,19)(H,20,21)/t10-,13-/m1/s1. The summed E-state index contributed by atoms with van der Waals surface area (Å²) in [6.07, 6.45) is 0.367. The molecule has 1 heterocycles. The molecule has 114 valence electrons. The zero-order chi connectivity index (χ0) is 15.4. The lowest BCUT2D eigenvalue weighted by Crippen LogP contribution is -2.27. The van der Waals surface area contributed by atoms with Gasteiger partial charge in [-0.05, 0) is 24.1 Å². The van der Waals surface area contributed by atoms with Gasteiger partial charge in [-0.15, -0.1) is 0 Å². The first-order valence-electron chi connectivity index (χ1n) is 6.96. The van der Waals surface area contributed by atoms with Gasteiger partial charge >= 0.3 is 5.97 Å². The summed E-state index contributed by atoms with van der Waals surface area (Å²) < 4.78 is 0.915. The van der Waals surface area contributed by atoms with E-state index < -0.39 is 5.97 Å². The Bertz CT molecular complexity index is 535. The minimum Gasteiger partial charge on any atom is -0.481 e. The average molecular weight is 355 g/mol.